The average Bonchev–Trinajstić information content (AvgIpc) is 2.91. The van der Waals surface area contributed by atoms with E-state index in [1.165, 1.54) is 11.3 Å². The van der Waals surface area contributed by atoms with Crippen LogP contribution in [-0.4, -0.2) is 30.8 Å². The van der Waals surface area contributed by atoms with Crippen molar-refractivity contribution in [1.29, 1.82) is 0 Å². The van der Waals surface area contributed by atoms with E-state index < -0.39 is 6.10 Å². The van der Waals surface area contributed by atoms with Gasteiger partial charge in [0.25, 0.3) is 0 Å². The van der Waals surface area contributed by atoms with Gasteiger partial charge >= 0.3 is 6.03 Å². The fourth-order valence-corrected chi connectivity index (χ4v) is 3.92. The summed E-state index contributed by atoms with van der Waals surface area (Å²) in [5, 5.41) is 16.1. The molecule has 0 unspecified atom stereocenters. The van der Waals surface area contributed by atoms with Crippen LogP contribution < -0.4 is 15.5 Å². The number of aryl methyl sites for hydroxylation is 1. The van der Waals surface area contributed by atoms with Crippen molar-refractivity contribution in [3.05, 3.63) is 59.2 Å². The number of hydrogen-bond acceptors (Lipinski definition) is 3. The first kappa shape index (κ1) is 16.0. The third-order valence-electron chi connectivity index (χ3n) is 5.18. The molecule has 3 N–H and O–H groups in total. The fourth-order valence-electron chi connectivity index (χ4n) is 3.92. The van der Waals surface area contributed by atoms with Crippen LogP contribution in [0.1, 0.15) is 29.2 Å². The quantitative estimate of drug-likeness (QED) is 0.789. The lowest BCUT2D eigenvalue weighted by atomic mass is 10.0. The minimum Gasteiger partial charge on any atom is -0.390 e. The summed E-state index contributed by atoms with van der Waals surface area (Å²) in [6.07, 6.45) is 2.16. The summed E-state index contributed by atoms with van der Waals surface area (Å²) < 4.78 is 0. The number of hydrogen-bond donors (Lipinski definition) is 3. The van der Waals surface area contributed by atoms with Gasteiger partial charge in [-0.05, 0) is 47.7 Å². The van der Waals surface area contributed by atoms with Crippen molar-refractivity contribution >= 4 is 17.4 Å². The molecule has 0 bridgehead atoms. The van der Waals surface area contributed by atoms with Gasteiger partial charge in [-0.2, -0.15) is 0 Å². The SMILES string of the molecule is CN1CCCc2cc(NC(=O)N[C@@H]3c4ccccc4C[C@H]3O)ccc21. The third kappa shape index (κ3) is 3.07. The number of aliphatic hydroxyl groups is 1. The van der Waals surface area contributed by atoms with Crippen molar-refractivity contribution < 1.29 is 9.90 Å². The number of benzene rings is 2. The Morgan fingerprint density at radius 2 is 2.04 bits per heavy atom. The van der Waals surface area contributed by atoms with Gasteiger partial charge in [0.15, 0.2) is 0 Å². The smallest absolute Gasteiger partial charge is 0.319 e. The van der Waals surface area contributed by atoms with Crippen LogP contribution in [0.25, 0.3) is 0 Å². The van der Waals surface area contributed by atoms with E-state index in [-0.39, 0.29) is 12.1 Å². The predicted molar refractivity (Wildman–Crippen MR) is 99.1 cm³/mol. The standard InChI is InChI=1S/C20H23N3O2/c1-23-10-4-6-14-11-15(8-9-17(14)23)21-20(25)22-19-16-7-3-2-5-13(16)12-18(19)24/h2-3,5,7-9,11,18-19,24H,4,6,10,12H2,1H3,(H2,21,22,25)/t18-,19-/m1/s1. The molecule has 4 rings (SSSR count). The molecule has 2 atom stereocenters. The van der Waals surface area contributed by atoms with E-state index in [4.69, 9.17) is 0 Å². The molecule has 2 amide bonds. The molecule has 2 aromatic rings. The van der Waals surface area contributed by atoms with E-state index >= 15 is 0 Å². The highest BCUT2D eigenvalue weighted by Crippen LogP contribution is 2.32. The topological polar surface area (TPSA) is 64.6 Å². The number of nitrogens with zero attached hydrogens (tertiary/aromatic N) is 1. The normalized spacial score (nSPS) is 21.4. The molecular weight excluding hydrogens is 314 g/mol. The lowest BCUT2D eigenvalue weighted by molar-refractivity contribution is 0.144. The van der Waals surface area contributed by atoms with Crippen molar-refractivity contribution in [3.63, 3.8) is 0 Å². The number of amides is 2. The summed E-state index contributed by atoms with van der Waals surface area (Å²) in [6, 6.07) is 13.2. The molecule has 1 aliphatic carbocycles. The van der Waals surface area contributed by atoms with Gasteiger partial charge in [-0.3, -0.25) is 0 Å². The Bertz CT molecular complexity index is 805. The summed E-state index contributed by atoms with van der Waals surface area (Å²) in [5.41, 5.74) is 5.37. The summed E-state index contributed by atoms with van der Waals surface area (Å²) in [6.45, 7) is 1.07. The Balaban J connectivity index is 1.46. The van der Waals surface area contributed by atoms with Crippen molar-refractivity contribution in [2.75, 3.05) is 23.8 Å². The summed E-state index contributed by atoms with van der Waals surface area (Å²) in [5.74, 6) is 0. The first-order chi connectivity index (χ1) is 12.1. The van der Waals surface area contributed by atoms with Gasteiger partial charge in [-0.15, -0.1) is 0 Å². The Labute approximate surface area is 147 Å². The van der Waals surface area contributed by atoms with Crippen LogP contribution in [0.2, 0.25) is 0 Å². The zero-order valence-corrected chi connectivity index (χ0v) is 14.3. The van der Waals surface area contributed by atoms with E-state index in [2.05, 4.69) is 28.6 Å². The Morgan fingerprint density at radius 1 is 1.20 bits per heavy atom. The molecule has 0 saturated heterocycles. The summed E-state index contributed by atoms with van der Waals surface area (Å²) in [4.78, 5) is 14.7. The van der Waals surface area contributed by atoms with Gasteiger partial charge in [-0.1, -0.05) is 24.3 Å². The molecule has 1 aliphatic heterocycles. The largest absolute Gasteiger partial charge is 0.390 e. The van der Waals surface area contributed by atoms with Gasteiger partial charge < -0.3 is 20.6 Å². The van der Waals surface area contributed by atoms with E-state index in [1.807, 2.05) is 36.4 Å². The molecule has 0 fully saturated rings. The van der Waals surface area contributed by atoms with Gasteiger partial charge in [0.2, 0.25) is 0 Å². The zero-order chi connectivity index (χ0) is 17.4. The fraction of sp³-hybridized carbons (Fsp3) is 0.350. The maximum atomic E-state index is 12.4. The highest BCUT2D eigenvalue weighted by atomic mass is 16.3. The summed E-state index contributed by atoms with van der Waals surface area (Å²) in [7, 11) is 2.09. The molecule has 2 aliphatic rings. The van der Waals surface area contributed by atoms with Crippen LogP contribution in [-0.2, 0) is 12.8 Å². The van der Waals surface area contributed by atoms with Crippen LogP contribution in [0.3, 0.4) is 0 Å². The lowest BCUT2D eigenvalue weighted by Crippen LogP contribution is -2.36. The van der Waals surface area contributed by atoms with Crippen LogP contribution in [0.4, 0.5) is 16.2 Å². The molecular formula is C20H23N3O2. The molecule has 25 heavy (non-hydrogen) atoms. The number of nitrogens with one attached hydrogen (secondary N) is 2. The van der Waals surface area contributed by atoms with Crippen LogP contribution in [0.15, 0.2) is 42.5 Å². The van der Waals surface area contributed by atoms with Crippen LogP contribution >= 0.6 is 0 Å². The second kappa shape index (κ2) is 6.41. The molecule has 2 aromatic carbocycles. The Morgan fingerprint density at radius 3 is 2.92 bits per heavy atom. The molecule has 0 saturated carbocycles. The van der Waals surface area contributed by atoms with E-state index in [0.717, 1.165) is 36.2 Å². The van der Waals surface area contributed by atoms with Gasteiger partial charge in [0.05, 0.1) is 12.1 Å². The van der Waals surface area contributed by atoms with E-state index in [0.29, 0.717) is 6.42 Å². The molecule has 5 heteroatoms. The van der Waals surface area contributed by atoms with Crippen molar-refractivity contribution in [3.8, 4) is 0 Å². The Kier molecular flexibility index (Phi) is 4.09. The van der Waals surface area contributed by atoms with Gasteiger partial charge in [0.1, 0.15) is 0 Å². The van der Waals surface area contributed by atoms with Crippen molar-refractivity contribution in [2.45, 2.75) is 31.4 Å². The van der Waals surface area contributed by atoms with Gasteiger partial charge in [0, 0.05) is 31.4 Å². The number of urea groups is 1. The molecule has 0 radical (unpaired) electrons. The predicted octanol–water partition coefficient (Wildman–Crippen LogP) is 2.85. The number of anilines is 2. The van der Waals surface area contributed by atoms with Gasteiger partial charge in [-0.25, -0.2) is 4.79 Å². The molecule has 0 spiro atoms. The average molecular weight is 337 g/mol. The number of carbonyl (C=O) groups is 1. The minimum absolute atomic E-state index is 0.287. The first-order valence-electron chi connectivity index (χ1n) is 8.79. The van der Waals surface area contributed by atoms with Crippen molar-refractivity contribution in [1.82, 2.24) is 5.32 Å². The molecule has 0 aromatic heterocycles. The molecule has 5 nitrogen and oxygen atoms in total. The zero-order valence-electron chi connectivity index (χ0n) is 14.3. The maximum Gasteiger partial charge on any atom is 0.319 e. The highest BCUT2D eigenvalue weighted by molar-refractivity contribution is 5.90. The second-order valence-electron chi connectivity index (χ2n) is 6.92. The summed E-state index contributed by atoms with van der Waals surface area (Å²) >= 11 is 0. The lowest BCUT2D eigenvalue weighted by Gasteiger charge is -2.28. The Hall–Kier alpha value is -2.53. The highest BCUT2D eigenvalue weighted by Gasteiger charge is 2.31. The molecule has 130 valence electrons. The van der Waals surface area contributed by atoms with Crippen LogP contribution in [0, 0.1) is 0 Å². The second-order valence-corrected chi connectivity index (χ2v) is 6.92. The maximum absolute atomic E-state index is 12.4. The number of fused-ring (bicyclic) bond motifs is 2. The van der Waals surface area contributed by atoms with Crippen molar-refractivity contribution in [2.24, 2.45) is 0 Å². The third-order valence-corrected chi connectivity index (χ3v) is 5.18. The first-order valence-corrected chi connectivity index (χ1v) is 8.79. The molecule has 1 heterocycles. The van der Waals surface area contributed by atoms with E-state index in [9.17, 15) is 9.90 Å². The minimum atomic E-state index is -0.583. The monoisotopic (exact) mass is 337 g/mol. The van der Waals surface area contributed by atoms with E-state index in [1.54, 1.807) is 0 Å². The number of rotatable bonds is 2. The number of carbonyl (C=O) groups excluding carboxylic acids is 1. The van der Waals surface area contributed by atoms with Crippen LogP contribution in [0.5, 0.6) is 0 Å². The number of aliphatic hydroxyl groups excluding tert-OH is 1.